The number of ether oxygens (including phenoxy) is 1. The van der Waals surface area contributed by atoms with Crippen LogP contribution in [-0.2, 0) is 4.79 Å². The summed E-state index contributed by atoms with van der Waals surface area (Å²) < 4.78 is 18.3. The van der Waals surface area contributed by atoms with Crippen LogP contribution in [0.3, 0.4) is 0 Å². The molecule has 1 heterocycles. The molecule has 0 radical (unpaired) electrons. The molecule has 5 heteroatoms. The lowest BCUT2D eigenvalue weighted by atomic mass is 10.0. The highest BCUT2D eigenvalue weighted by molar-refractivity contribution is 5.81. The maximum atomic E-state index is 13.1. The maximum absolute atomic E-state index is 13.1. The summed E-state index contributed by atoms with van der Waals surface area (Å²) in [5.41, 5.74) is 2.10. The molecule has 1 fully saturated rings. The number of nitrogens with one attached hydrogen (secondary N) is 1. The first-order chi connectivity index (χ1) is 13.0. The molecule has 0 bridgehead atoms. The van der Waals surface area contributed by atoms with Gasteiger partial charge in [-0.25, -0.2) is 4.39 Å². The quantitative estimate of drug-likeness (QED) is 0.827. The van der Waals surface area contributed by atoms with Gasteiger partial charge in [-0.1, -0.05) is 24.3 Å². The molecule has 2 aromatic carbocycles. The number of nitrogens with zero attached hydrogens (tertiary/aromatic N) is 1. The van der Waals surface area contributed by atoms with Gasteiger partial charge < -0.3 is 10.1 Å². The Morgan fingerprint density at radius 3 is 2.44 bits per heavy atom. The average Bonchev–Trinajstić information content (AvgIpc) is 3.17. The van der Waals surface area contributed by atoms with Crippen molar-refractivity contribution in [2.24, 2.45) is 0 Å². The van der Waals surface area contributed by atoms with Crippen LogP contribution in [0, 0.1) is 5.82 Å². The number of hydrogen-bond acceptors (Lipinski definition) is 3. The van der Waals surface area contributed by atoms with E-state index in [9.17, 15) is 9.18 Å². The van der Waals surface area contributed by atoms with Gasteiger partial charge in [-0.05, 0) is 68.6 Å². The second-order valence-corrected chi connectivity index (χ2v) is 7.13. The molecule has 3 rings (SSSR count). The Balaban J connectivity index is 1.66. The van der Waals surface area contributed by atoms with Crippen molar-refractivity contribution in [1.29, 1.82) is 0 Å². The van der Waals surface area contributed by atoms with E-state index < -0.39 is 0 Å². The van der Waals surface area contributed by atoms with Crippen molar-refractivity contribution in [1.82, 2.24) is 10.2 Å². The molecule has 1 saturated heterocycles. The van der Waals surface area contributed by atoms with Crippen LogP contribution in [0.25, 0.3) is 0 Å². The number of methoxy groups -OCH3 is 1. The number of hydrogen-bond donors (Lipinski definition) is 1. The zero-order chi connectivity index (χ0) is 19.4. The number of carbonyl (C=O) groups excluding carboxylic acids is 1. The predicted octanol–water partition coefficient (Wildman–Crippen LogP) is 4.24. The van der Waals surface area contributed by atoms with E-state index in [-0.39, 0.29) is 29.8 Å². The lowest BCUT2D eigenvalue weighted by Gasteiger charge is -2.31. The second-order valence-electron chi connectivity index (χ2n) is 7.13. The molecule has 3 unspecified atom stereocenters. The first-order valence-corrected chi connectivity index (χ1v) is 9.45. The molecule has 2 aromatic rings. The van der Waals surface area contributed by atoms with E-state index in [1.165, 1.54) is 17.7 Å². The zero-order valence-corrected chi connectivity index (χ0v) is 16.1. The van der Waals surface area contributed by atoms with Gasteiger partial charge in [0.05, 0.1) is 19.2 Å². The summed E-state index contributed by atoms with van der Waals surface area (Å²) >= 11 is 0. The van der Waals surface area contributed by atoms with Gasteiger partial charge in [0.25, 0.3) is 0 Å². The van der Waals surface area contributed by atoms with Crippen LogP contribution in [0.2, 0.25) is 0 Å². The van der Waals surface area contributed by atoms with E-state index in [1.807, 2.05) is 26.0 Å². The van der Waals surface area contributed by atoms with Crippen LogP contribution in [0.4, 0.5) is 4.39 Å². The van der Waals surface area contributed by atoms with Gasteiger partial charge in [-0.2, -0.15) is 0 Å². The molecule has 1 aliphatic rings. The molecule has 1 amide bonds. The minimum atomic E-state index is -0.273. The summed E-state index contributed by atoms with van der Waals surface area (Å²) in [6.45, 7) is 4.77. The predicted molar refractivity (Wildman–Crippen MR) is 104 cm³/mol. The fraction of sp³-hybridized carbons (Fsp3) is 0.409. The molecule has 0 saturated carbocycles. The van der Waals surface area contributed by atoms with Crippen LogP contribution < -0.4 is 10.1 Å². The van der Waals surface area contributed by atoms with Crippen molar-refractivity contribution in [2.75, 3.05) is 13.7 Å². The molecule has 0 spiro atoms. The Kier molecular flexibility index (Phi) is 6.11. The topological polar surface area (TPSA) is 41.6 Å². The molecule has 144 valence electrons. The van der Waals surface area contributed by atoms with Crippen LogP contribution in [0.15, 0.2) is 48.5 Å². The third-order valence-electron chi connectivity index (χ3n) is 5.40. The number of likely N-dealkylation sites (tertiary alicyclic amines) is 1. The Bertz CT molecular complexity index is 761. The summed E-state index contributed by atoms with van der Waals surface area (Å²) in [5, 5.41) is 3.06. The highest BCUT2D eigenvalue weighted by Gasteiger charge is 2.33. The van der Waals surface area contributed by atoms with Crippen molar-refractivity contribution >= 4 is 5.91 Å². The lowest BCUT2D eigenvalue weighted by Crippen LogP contribution is -2.45. The molecule has 0 aliphatic carbocycles. The van der Waals surface area contributed by atoms with E-state index in [1.54, 1.807) is 19.2 Å². The molecule has 0 aromatic heterocycles. The van der Waals surface area contributed by atoms with Crippen molar-refractivity contribution in [2.45, 2.75) is 44.8 Å². The van der Waals surface area contributed by atoms with Gasteiger partial charge in [-0.3, -0.25) is 9.69 Å². The minimum absolute atomic E-state index is 0.00719. The third kappa shape index (κ3) is 4.48. The van der Waals surface area contributed by atoms with Crippen molar-refractivity contribution in [3.8, 4) is 5.75 Å². The first kappa shape index (κ1) is 19.4. The molecular formula is C22H27FN2O2. The van der Waals surface area contributed by atoms with Gasteiger partial charge in [0, 0.05) is 6.04 Å². The smallest absolute Gasteiger partial charge is 0.237 e. The van der Waals surface area contributed by atoms with Gasteiger partial charge in [0.15, 0.2) is 0 Å². The van der Waals surface area contributed by atoms with E-state index >= 15 is 0 Å². The SMILES string of the molecule is COc1ccc(C2CCCN2C(C)C(=O)NC(C)c2ccc(F)cc2)cc1. The summed E-state index contributed by atoms with van der Waals surface area (Å²) in [6, 6.07) is 14.2. The number of rotatable bonds is 6. The average molecular weight is 370 g/mol. The standard InChI is InChI=1S/C22H27FN2O2/c1-15(17-6-10-19(23)11-7-17)24-22(26)16(2)25-14-4-5-21(25)18-8-12-20(27-3)13-9-18/h6-13,15-16,21H,4-5,14H2,1-3H3,(H,24,26). The van der Waals surface area contributed by atoms with Gasteiger partial charge in [0.2, 0.25) is 5.91 Å². The second kappa shape index (κ2) is 8.53. The fourth-order valence-electron chi connectivity index (χ4n) is 3.76. The maximum Gasteiger partial charge on any atom is 0.237 e. The third-order valence-corrected chi connectivity index (χ3v) is 5.40. The van der Waals surface area contributed by atoms with Crippen molar-refractivity contribution in [3.05, 3.63) is 65.5 Å². The highest BCUT2D eigenvalue weighted by Crippen LogP contribution is 2.34. The zero-order valence-electron chi connectivity index (χ0n) is 16.1. The number of carbonyl (C=O) groups is 1. The largest absolute Gasteiger partial charge is 0.497 e. The van der Waals surface area contributed by atoms with Crippen LogP contribution in [-0.4, -0.2) is 30.5 Å². The van der Waals surface area contributed by atoms with Gasteiger partial charge >= 0.3 is 0 Å². The summed E-state index contributed by atoms with van der Waals surface area (Å²) in [7, 11) is 1.66. The first-order valence-electron chi connectivity index (χ1n) is 9.45. The molecule has 4 nitrogen and oxygen atoms in total. The number of halogens is 1. The summed E-state index contributed by atoms with van der Waals surface area (Å²) in [5.74, 6) is 0.555. The highest BCUT2D eigenvalue weighted by atomic mass is 19.1. The molecular weight excluding hydrogens is 343 g/mol. The molecule has 27 heavy (non-hydrogen) atoms. The van der Waals surface area contributed by atoms with E-state index in [4.69, 9.17) is 4.74 Å². The van der Waals surface area contributed by atoms with Crippen molar-refractivity contribution < 1.29 is 13.9 Å². The fourth-order valence-corrected chi connectivity index (χ4v) is 3.76. The number of amides is 1. The van der Waals surface area contributed by atoms with E-state index in [0.717, 1.165) is 30.7 Å². The molecule has 1 aliphatic heterocycles. The minimum Gasteiger partial charge on any atom is -0.497 e. The Labute approximate surface area is 160 Å². The Morgan fingerprint density at radius 2 is 1.81 bits per heavy atom. The van der Waals surface area contributed by atoms with Gasteiger partial charge in [0.1, 0.15) is 11.6 Å². The summed E-state index contributed by atoms with van der Waals surface area (Å²) in [6.07, 6.45) is 2.11. The Hall–Kier alpha value is -2.40. The summed E-state index contributed by atoms with van der Waals surface area (Å²) in [4.78, 5) is 15.1. The van der Waals surface area contributed by atoms with Gasteiger partial charge in [-0.15, -0.1) is 0 Å². The monoisotopic (exact) mass is 370 g/mol. The van der Waals surface area contributed by atoms with Crippen LogP contribution >= 0.6 is 0 Å². The van der Waals surface area contributed by atoms with Crippen LogP contribution in [0.5, 0.6) is 5.75 Å². The molecule has 3 atom stereocenters. The number of benzene rings is 2. The van der Waals surface area contributed by atoms with Crippen molar-refractivity contribution in [3.63, 3.8) is 0 Å². The van der Waals surface area contributed by atoms with E-state index in [0.29, 0.717) is 0 Å². The molecule has 1 N–H and O–H groups in total. The lowest BCUT2D eigenvalue weighted by molar-refractivity contribution is -0.126. The normalized spacial score (nSPS) is 19.5. The van der Waals surface area contributed by atoms with E-state index in [2.05, 4.69) is 22.3 Å². The van der Waals surface area contributed by atoms with Crippen LogP contribution in [0.1, 0.15) is 49.9 Å². The Morgan fingerprint density at radius 1 is 1.15 bits per heavy atom.